The van der Waals surface area contributed by atoms with Crippen LogP contribution in [-0.2, 0) is 0 Å². The lowest BCUT2D eigenvalue weighted by atomic mass is 10.1. The zero-order valence-corrected chi connectivity index (χ0v) is 17.9. The molecule has 0 aliphatic carbocycles. The number of aromatic nitrogens is 3. The van der Waals surface area contributed by atoms with Gasteiger partial charge in [-0.05, 0) is 38.1 Å². The molecule has 0 aliphatic heterocycles. The number of carbonyl (C=O) groups is 1. The molecule has 4 rings (SSSR count). The number of fused-ring (bicyclic) bond motifs is 1. The van der Waals surface area contributed by atoms with Gasteiger partial charge in [-0.25, -0.2) is 13.9 Å². The Morgan fingerprint density at radius 3 is 2.65 bits per heavy atom. The van der Waals surface area contributed by atoms with Crippen molar-refractivity contribution in [2.45, 2.75) is 29.4 Å². The molecule has 0 amide bonds. The highest BCUT2D eigenvalue weighted by atomic mass is 32.2. The first-order valence-electron chi connectivity index (χ1n) is 9.66. The number of imidazole rings is 1. The average molecular weight is 437 g/mol. The molecule has 0 aliphatic rings. The summed E-state index contributed by atoms with van der Waals surface area (Å²) in [5.74, 6) is -0.315. The van der Waals surface area contributed by atoms with Crippen LogP contribution in [0, 0.1) is 5.82 Å². The van der Waals surface area contributed by atoms with E-state index in [1.54, 1.807) is 42.8 Å². The molecule has 0 saturated heterocycles. The molecular formula is C23H21FN4O2S. The van der Waals surface area contributed by atoms with Gasteiger partial charge in [0.05, 0.1) is 23.2 Å². The Labute approximate surface area is 183 Å². The Morgan fingerprint density at radius 2 is 1.97 bits per heavy atom. The first kappa shape index (κ1) is 21.0. The summed E-state index contributed by atoms with van der Waals surface area (Å²) < 4.78 is 15.4. The first-order chi connectivity index (χ1) is 14.8. The Kier molecular flexibility index (Phi) is 5.75. The van der Waals surface area contributed by atoms with E-state index in [4.69, 9.17) is 5.10 Å². The lowest BCUT2D eigenvalue weighted by Gasteiger charge is -2.19. The van der Waals surface area contributed by atoms with Gasteiger partial charge in [0.2, 0.25) is 0 Å². The SMILES string of the molecule is CC(C)(O)CNc1cc(Sc2cccc(F)c2)nn2c(-c3ccc(C=O)cc3)cnc12. The lowest BCUT2D eigenvalue weighted by Crippen LogP contribution is -2.29. The smallest absolute Gasteiger partial charge is 0.177 e. The molecule has 4 aromatic rings. The largest absolute Gasteiger partial charge is 0.389 e. The number of benzene rings is 2. The molecule has 31 heavy (non-hydrogen) atoms. The van der Waals surface area contributed by atoms with Gasteiger partial charge in [-0.1, -0.05) is 42.1 Å². The molecule has 2 heterocycles. The Balaban J connectivity index is 1.80. The van der Waals surface area contributed by atoms with E-state index in [-0.39, 0.29) is 5.82 Å². The standard InChI is InChI=1S/C23H21FN4O2S/c1-23(2,30)14-26-19-11-21(31-18-5-3-4-17(24)10-18)27-28-20(12-25-22(19)28)16-8-6-15(13-29)7-9-16/h3-13,26,30H,14H2,1-2H3. The number of halogens is 1. The highest BCUT2D eigenvalue weighted by molar-refractivity contribution is 7.99. The van der Waals surface area contributed by atoms with E-state index in [0.717, 1.165) is 22.4 Å². The van der Waals surface area contributed by atoms with Crippen molar-refractivity contribution in [1.82, 2.24) is 14.6 Å². The summed E-state index contributed by atoms with van der Waals surface area (Å²) in [6.07, 6.45) is 2.51. The molecule has 0 atom stereocenters. The summed E-state index contributed by atoms with van der Waals surface area (Å²) in [7, 11) is 0. The number of anilines is 1. The number of aliphatic hydroxyl groups is 1. The summed E-state index contributed by atoms with van der Waals surface area (Å²) in [6.45, 7) is 3.74. The fourth-order valence-electron chi connectivity index (χ4n) is 3.02. The van der Waals surface area contributed by atoms with Crippen molar-refractivity contribution < 1.29 is 14.3 Å². The topological polar surface area (TPSA) is 79.5 Å². The van der Waals surface area contributed by atoms with Crippen molar-refractivity contribution in [2.24, 2.45) is 0 Å². The summed E-state index contributed by atoms with van der Waals surface area (Å²) in [6, 6.07) is 15.3. The number of aldehydes is 1. The predicted molar refractivity (Wildman–Crippen MR) is 119 cm³/mol. The Morgan fingerprint density at radius 1 is 1.19 bits per heavy atom. The minimum absolute atomic E-state index is 0.312. The van der Waals surface area contributed by atoms with Gasteiger partial charge < -0.3 is 10.4 Å². The van der Waals surface area contributed by atoms with Crippen molar-refractivity contribution in [3.8, 4) is 11.3 Å². The number of hydrogen-bond donors (Lipinski definition) is 2. The molecule has 6 nitrogen and oxygen atoms in total. The fraction of sp³-hybridized carbons (Fsp3) is 0.174. The second kappa shape index (κ2) is 8.49. The normalized spacial score (nSPS) is 11.6. The first-order valence-corrected chi connectivity index (χ1v) is 10.5. The van der Waals surface area contributed by atoms with Gasteiger partial charge in [0, 0.05) is 22.6 Å². The van der Waals surface area contributed by atoms with Crippen molar-refractivity contribution in [1.29, 1.82) is 0 Å². The molecule has 0 spiro atoms. The van der Waals surface area contributed by atoms with Crippen molar-refractivity contribution in [3.63, 3.8) is 0 Å². The van der Waals surface area contributed by atoms with Gasteiger partial charge in [0.25, 0.3) is 0 Å². The van der Waals surface area contributed by atoms with Crippen LogP contribution in [0.5, 0.6) is 0 Å². The molecule has 8 heteroatoms. The second-order valence-electron chi connectivity index (χ2n) is 7.74. The number of carbonyl (C=O) groups excluding carboxylic acids is 1. The van der Waals surface area contributed by atoms with Gasteiger partial charge in [-0.2, -0.15) is 5.10 Å². The molecule has 2 aromatic carbocycles. The average Bonchev–Trinajstić information content (AvgIpc) is 3.15. The highest BCUT2D eigenvalue weighted by Crippen LogP contribution is 2.32. The van der Waals surface area contributed by atoms with Crippen LogP contribution >= 0.6 is 11.8 Å². The monoisotopic (exact) mass is 436 g/mol. The van der Waals surface area contributed by atoms with Crippen LogP contribution in [0.15, 0.2) is 70.7 Å². The van der Waals surface area contributed by atoms with E-state index >= 15 is 0 Å². The maximum atomic E-state index is 13.6. The molecule has 0 radical (unpaired) electrons. The van der Waals surface area contributed by atoms with Crippen LogP contribution < -0.4 is 5.32 Å². The van der Waals surface area contributed by atoms with E-state index in [9.17, 15) is 14.3 Å². The van der Waals surface area contributed by atoms with Gasteiger partial charge in [0.1, 0.15) is 17.1 Å². The number of nitrogens with zero attached hydrogens (tertiary/aromatic N) is 3. The Hall–Kier alpha value is -3.23. The van der Waals surface area contributed by atoms with Gasteiger partial charge in [-0.15, -0.1) is 0 Å². The third-order valence-electron chi connectivity index (χ3n) is 4.52. The second-order valence-corrected chi connectivity index (χ2v) is 8.83. The molecule has 0 bridgehead atoms. The van der Waals surface area contributed by atoms with E-state index in [0.29, 0.717) is 28.5 Å². The summed E-state index contributed by atoms with van der Waals surface area (Å²) >= 11 is 1.33. The van der Waals surface area contributed by atoms with E-state index in [2.05, 4.69) is 10.3 Å². The zero-order chi connectivity index (χ0) is 22.0. The molecule has 0 unspecified atom stereocenters. The summed E-state index contributed by atoms with van der Waals surface area (Å²) in [4.78, 5) is 16.2. The van der Waals surface area contributed by atoms with E-state index < -0.39 is 5.60 Å². The number of rotatable bonds is 7. The van der Waals surface area contributed by atoms with Crippen LogP contribution in [0.3, 0.4) is 0 Å². The van der Waals surface area contributed by atoms with Crippen molar-refractivity contribution in [2.75, 3.05) is 11.9 Å². The third kappa shape index (κ3) is 4.92. The zero-order valence-electron chi connectivity index (χ0n) is 17.0. The lowest BCUT2D eigenvalue weighted by molar-refractivity contribution is 0.0945. The summed E-state index contributed by atoms with van der Waals surface area (Å²) in [5, 5.41) is 18.7. The summed E-state index contributed by atoms with van der Waals surface area (Å²) in [5.41, 5.74) is 2.57. The molecule has 2 N–H and O–H groups in total. The third-order valence-corrected chi connectivity index (χ3v) is 5.42. The van der Waals surface area contributed by atoms with Crippen LogP contribution in [0.2, 0.25) is 0 Å². The van der Waals surface area contributed by atoms with Gasteiger partial charge in [-0.3, -0.25) is 4.79 Å². The minimum Gasteiger partial charge on any atom is -0.389 e. The van der Waals surface area contributed by atoms with Gasteiger partial charge >= 0.3 is 0 Å². The minimum atomic E-state index is -0.920. The maximum Gasteiger partial charge on any atom is 0.177 e. The fourth-order valence-corrected chi connectivity index (χ4v) is 3.88. The van der Waals surface area contributed by atoms with E-state index in [1.165, 1.54) is 23.9 Å². The highest BCUT2D eigenvalue weighted by Gasteiger charge is 2.17. The number of hydrogen-bond acceptors (Lipinski definition) is 6. The molecule has 0 saturated carbocycles. The Bertz CT molecular complexity index is 1230. The molecule has 2 aromatic heterocycles. The van der Waals surface area contributed by atoms with Gasteiger partial charge in [0.15, 0.2) is 5.65 Å². The van der Waals surface area contributed by atoms with Crippen molar-refractivity contribution >= 4 is 29.4 Å². The van der Waals surface area contributed by atoms with E-state index in [1.807, 2.05) is 24.3 Å². The predicted octanol–water partition coefficient (Wildman–Crippen LogP) is 4.68. The van der Waals surface area contributed by atoms with Crippen LogP contribution in [0.25, 0.3) is 16.9 Å². The molecule has 0 fully saturated rings. The molecule has 158 valence electrons. The maximum absolute atomic E-state index is 13.6. The quantitative estimate of drug-likeness (QED) is 0.410. The van der Waals surface area contributed by atoms with Crippen LogP contribution in [-0.4, -0.2) is 38.1 Å². The molecular weight excluding hydrogens is 415 g/mol. The van der Waals surface area contributed by atoms with Crippen LogP contribution in [0.4, 0.5) is 10.1 Å². The number of nitrogens with one attached hydrogen (secondary N) is 1. The van der Waals surface area contributed by atoms with Crippen molar-refractivity contribution in [3.05, 3.63) is 72.2 Å². The van der Waals surface area contributed by atoms with Crippen LogP contribution in [0.1, 0.15) is 24.2 Å².